The van der Waals surface area contributed by atoms with Crippen LogP contribution in [-0.4, -0.2) is 20.6 Å². The van der Waals surface area contributed by atoms with Crippen molar-refractivity contribution in [2.75, 3.05) is 0 Å². The lowest BCUT2D eigenvalue weighted by atomic mass is 10.3. The molecule has 0 bridgehead atoms. The molecule has 12 heavy (non-hydrogen) atoms. The van der Waals surface area contributed by atoms with Crippen molar-refractivity contribution in [1.29, 1.82) is 0 Å². The zero-order valence-corrected chi connectivity index (χ0v) is 6.56. The van der Waals surface area contributed by atoms with E-state index in [9.17, 15) is 4.79 Å². The van der Waals surface area contributed by atoms with E-state index in [4.69, 9.17) is 0 Å². The highest BCUT2D eigenvalue weighted by Gasteiger charge is 2.04. The van der Waals surface area contributed by atoms with E-state index in [0.29, 0.717) is 5.69 Å². The number of nitrogens with zero attached hydrogens (tertiary/aromatic N) is 3. The highest BCUT2D eigenvalue weighted by atomic mass is 16.1. The van der Waals surface area contributed by atoms with Gasteiger partial charge in [0.25, 0.3) is 0 Å². The number of rotatable bonds is 1. The maximum absolute atomic E-state index is 10.9. The second-order valence-electron chi connectivity index (χ2n) is 2.52. The normalized spacial score (nSPS) is 10.4. The summed E-state index contributed by atoms with van der Waals surface area (Å²) >= 11 is 0. The van der Waals surface area contributed by atoms with E-state index >= 15 is 0 Å². The van der Waals surface area contributed by atoms with Crippen molar-refractivity contribution in [2.24, 2.45) is 0 Å². The van der Waals surface area contributed by atoms with E-state index in [0.717, 1.165) is 5.52 Å². The highest BCUT2D eigenvalue weighted by Crippen LogP contribution is 2.03. The molecule has 4 heteroatoms. The van der Waals surface area contributed by atoms with E-state index < -0.39 is 0 Å². The number of hydrogen-bond donors (Lipinski definition) is 0. The molecule has 0 spiro atoms. The fourth-order valence-electron chi connectivity index (χ4n) is 1.01. The van der Waals surface area contributed by atoms with Gasteiger partial charge in [-0.2, -0.15) is 9.73 Å². The van der Waals surface area contributed by atoms with Crippen LogP contribution in [0.25, 0.3) is 5.52 Å². The van der Waals surface area contributed by atoms with Crippen LogP contribution in [0.5, 0.6) is 0 Å². The molecule has 0 unspecified atom stereocenters. The summed E-state index contributed by atoms with van der Waals surface area (Å²) in [7, 11) is 0. The smallest absolute Gasteiger partial charge is 0.180 e. The van der Waals surface area contributed by atoms with E-state index in [1.807, 2.05) is 6.07 Å². The number of carbonyl (C=O) groups excluding carboxylic acids is 1. The molecule has 60 valence electrons. The average Bonchev–Trinajstić information content (AvgIpc) is 2.46. The first-order valence-electron chi connectivity index (χ1n) is 3.59. The van der Waals surface area contributed by atoms with Crippen molar-refractivity contribution in [3.05, 3.63) is 30.1 Å². The number of aromatic nitrogens is 3. The molecule has 2 heterocycles. The summed E-state index contributed by atoms with van der Waals surface area (Å²) in [6.45, 7) is 1.49. The molecule has 0 aliphatic rings. The topological polar surface area (TPSA) is 47.3 Å². The predicted octanol–water partition coefficient (Wildman–Crippen LogP) is 0.932. The SMILES string of the molecule is CC(=O)c1cc2cccnn2n1. The van der Waals surface area contributed by atoms with Crippen LogP contribution in [0.3, 0.4) is 0 Å². The maximum atomic E-state index is 10.9. The lowest BCUT2D eigenvalue weighted by Crippen LogP contribution is -1.95. The number of hydrogen-bond acceptors (Lipinski definition) is 3. The van der Waals surface area contributed by atoms with Crippen LogP contribution in [0.15, 0.2) is 24.4 Å². The van der Waals surface area contributed by atoms with Gasteiger partial charge in [-0.05, 0) is 18.2 Å². The zero-order chi connectivity index (χ0) is 8.55. The van der Waals surface area contributed by atoms with Gasteiger partial charge in [-0.3, -0.25) is 4.79 Å². The van der Waals surface area contributed by atoms with Gasteiger partial charge in [0.05, 0.1) is 5.52 Å². The Morgan fingerprint density at radius 3 is 3.08 bits per heavy atom. The van der Waals surface area contributed by atoms with E-state index in [2.05, 4.69) is 10.2 Å². The number of Topliss-reactive ketones (excluding diaryl/α,β-unsaturated/α-hetero) is 1. The molecule has 4 nitrogen and oxygen atoms in total. The molecule has 2 rings (SSSR count). The molecule has 0 aliphatic heterocycles. The summed E-state index contributed by atoms with van der Waals surface area (Å²) in [5.74, 6) is -0.0412. The fraction of sp³-hybridized carbons (Fsp3) is 0.125. The molecule has 0 aromatic carbocycles. The minimum Gasteiger partial charge on any atom is -0.293 e. The zero-order valence-electron chi connectivity index (χ0n) is 6.56. The van der Waals surface area contributed by atoms with Crippen molar-refractivity contribution < 1.29 is 4.79 Å². The third-order valence-corrected chi connectivity index (χ3v) is 1.61. The lowest BCUT2D eigenvalue weighted by molar-refractivity contribution is 0.101. The fourth-order valence-corrected chi connectivity index (χ4v) is 1.01. The monoisotopic (exact) mass is 161 g/mol. The van der Waals surface area contributed by atoms with Crippen molar-refractivity contribution in [3.63, 3.8) is 0 Å². The van der Waals surface area contributed by atoms with Crippen LogP contribution in [0.2, 0.25) is 0 Å². The first kappa shape index (κ1) is 6.97. The van der Waals surface area contributed by atoms with Gasteiger partial charge in [-0.25, -0.2) is 0 Å². The van der Waals surface area contributed by atoms with Gasteiger partial charge in [-0.15, -0.1) is 5.10 Å². The van der Waals surface area contributed by atoms with E-state index in [-0.39, 0.29) is 5.78 Å². The summed E-state index contributed by atoms with van der Waals surface area (Å²) in [6, 6.07) is 5.38. The molecule has 0 aliphatic carbocycles. The first-order chi connectivity index (χ1) is 5.77. The molecule has 2 aromatic heterocycles. The number of fused-ring (bicyclic) bond motifs is 1. The van der Waals surface area contributed by atoms with Crippen LogP contribution >= 0.6 is 0 Å². The van der Waals surface area contributed by atoms with Gasteiger partial charge in [0.15, 0.2) is 5.78 Å². The first-order valence-corrected chi connectivity index (χ1v) is 3.59. The lowest BCUT2D eigenvalue weighted by Gasteiger charge is -1.85. The summed E-state index contributed by atoms with van der Waals surface area (Å²) in [5, 5.41) is 7.91. The summed E-state index contributed by atoms with van der Waals surface area (Å²) in [4.78, 5) is 10.9. The van der Waals surface area contributed by atoms with Crippen molar-refractivity contribution in [2.45, 2.75) is 6.92 Å². The largest absolute Gasteiger partial charge is 0.293 e. The van der Waals surface area contributed by atoms with Gasteiger partial charge in [0, 0.05) is 13.1 Å². The minimum absolute atomic E-state index is 0.0412. The Morgan fingerprint density at radius 1 is 1.58 bits per heavy atom. The summed E-state index contributed by atoms with van der Waals surface area (Å²) in [5.41, 5.74) is 1.29. The molecular weight excluding hydrogens is 154 g/mol. The minimum atomic E-state index is -0.0412. The molecule has 0 saturated carbocycles. The summed E-state index contributed by atoms with van der Waals surface area (Å²) in [6.07, 6.45) is 1.63. The Kier molecular flexibility index (Phi) is 1.40. The van der Waals surface area contributed by atoms with Crippen molar-refractivity contribution in [3.8, 4) is 0 Å². The highest BCUT2D eigenvalue weighted by molar-refractivity contribution is 5.93. The van der Waals surface area contributed by atoms with Gasteiger partial charge in [0.1, 0.15) is 5.69 Å². The Labute approximate surface area is 68.8 Å². The van der Waals surface area contributed by atoms with Crippen LogP contribution in [0.4, 0.5) is 0 Å². The standard InChI is InChI=1S/C8H7N3O/c1-6(12)8-5-7-3-2-4-9-11(7)10-8/h2-5H,1H3. The predicted molar refractivity (Wildman–Crippen MR) is 43.0 cm³/mol. The number of ketones is 1. The van der Waals surface area contributed by atoms with E-state index in [1.54, 1.807) is 18.3 Å². The molecule has 2 aromatic rings. The maximum Gasteiger partial charge on any atom is 0.180 e. The second kappa shape index (κ2) is 2.41. The van der Waals surface area contributed by atoms with Gasteiger partial charge in [-0.1, -0.05) is 0 Å². The third-order valence-electron chi connectivity index (χ3n) is 1.61. The van der Waals surface area contributed by atoms with Crippen molar-refractivity contribution >= 4 is 11.3 Å². The molecule has 0 saturated heterocycles. The Balaban J connectivity index is 2.70. The summed E-state index contributed by atoms with van der Waals surface area (Å²) < 4.78 is 1.44. The van der Waals surface area contributed by atoms with Crippen molar-refractivity contribution in [1.82, 2.24) is 14.8 Å². The van der Waals surface area contributed by atoms with Crippen LogP contribution in [0.1, 0.15) is 17.4 Å². The molecule has 0 fully saturated rings. The van der Waals surface area contributed by atoms with Crippen LogP contribution < -0.4 is 0 Å². The van der Waals surface area contributed by atoms with Gasteiger partial charge < -0.3 is 0 Å². The Morgan fingerprint density at radius 2 is 2.42 bits per heavy atom. The Hall–Kier alpha value is -1.71. The molecule has 0 amide bonds. The van der Waals surface area contributed by atoms with Gasteiger partial charge in [0.2, 0.25) is 0 Å². The molecule has 0 atom stereocenters. The number of carbonyl (C=O) groups is 1. The molecule has 0 radical (unpaired) electrons. The van der Waals surface area contributed by atoms with E-state index in [1.165, 1.54) is 11.6 Å². The third kappa shape index (κ3) is 0.972. The van der Waals surface area contributed by atoms with Crippen LogP contribution in [0, 0.1) is 0 Å². The second-order valence-corrected chi connectivity index (χ2v) is 2.52. The van der Waals surface area contributed by atoms with Gasteiger partial charge >= 0.3 is 0 Å². The molecule has 0 N–H and O–H groups in total. The van der Waals surface area contributed by atoms with Crippen LogP contribution in [-0.2, 0) is 0 Å². The quantitative estimate of drug-likeness (QED) is 0.584. The Bertz CT molecular complexity index is 400. The average molecular weight is 161 g/mol. The molecular formula is C8H7N3O.